The van der Waals surface area contributed by atoms with Crippen molar-refractivity contribution in [1.82, 2.24) is 9.55 Å². The Morgan fingerprint density at radius 3 is 2.52 bits per heavy atom. The van der Waals surface area contributed by atoms with Crippen LogP contribution in [0.3, 0.4) is 0 Å². The van der Waals surface area contributed by atoms with E-state index in [1.807, 2.05) is 4.98 Å². The van der Waals surface area contributed by atoms with Crippen LogP contribution in [0.15, 0.2) is 15.8 Å². The third-order valence-corrected chi connectivity index (χ3v) is 6.14. The molecule has 0 amide bonds. The van der Waals surface area contributed by atoms with E-state index in [-0.39, 0.29) is 0 Å². The Morgan fingerprint density at radius 1 is 1.44 bits per heavy atom. The fourth-order valence-electron chi connectivity index (χ4n) is 3.03. The van der Waals surface area contributed by atoms with Gasteiger partial charge in [0.15, 0.2) is 5.35 Å². The van der Waals surface area contributed by atoms with Crippen LogP contribution in [-0.2, 0) is 14.8 Å². The minimum Gasteiger partial charge on any atom is -0.394 e. The lowest BCUT2D eigenvalue weighted by Crippen LogP contribution is -2.59. The van der Waals surface area contributed by atoms with Gasteiger partial charge in [0, 0.05) is 0 Å². The summed E-state index contributed by atoms with van der Waals surface area (Å²) in [5.41, 5.74) is -2.69. The summed E-state index contributed by atoms with van der Waals surface area (Å²) in [5.74, 6) is -1.17. The molecule has 1 aliphatic heterocycles. The fraction of sp³-hybridized carbons (Fsp3) is 0.733. The molecule has 4 atom stereocenters. The van der Waals surface area contributed by atoms with E-state index in [1.54, 1.807) is 33.9 Å². The highest BCUT2D eigenvalue weighted by molar-refractivity contribution is 6.58. The molecule has 0 aromatic carbocycles. The first kappa shape index (κ1) is 20.0. The normalized spacial score (nSPS) is 30.2. The summed E-state index contributed by atoms with van der Waals surface area (Å²) in [4.78, 5) is 25.5. The maximum atomic E-state index is 13.8. The molecule has 1 radical (unpaired) electrons. The molecule has 10 heteroatoms. The first-order valence-electron chi connectivity index (χ1n) is 7.91. The lowest BCUT2D eigenvalue weighted by atomic mass is 10.1. The van der Waals surface area contributed by atoms with Crippen molar-refractivity contribution < 1.29 is 24.1 Å². The maximum Gasteiger partial charge on any atom is 0.330 e. The second-order valence-electron chi connectivity index (χ2n) is 7.28. The summed E-state index contributed by atoms with van der Waals surface area (Å²) < 4.78 is 26.4. The monoisotopic (exact) mass is 375 g/mol. The van der Waals surface area contributed by atoms with Gasteiger partial charge in [0.1, 0.15) is 27.1 Å². The molecule has 1 aliphatic rings. The first-order chi connectivity index (χ1) is 11.4. The Hall–Kier alpha value is -1.33. The van der Waals surface area contributed by atoms with E-state index in [2.05, 4.69) is 0 Å². The average molecular weight is 375 g/mol. The van der Waals surface area contributed by atoms with Gasteiger partial charge in [-0.2, -0.15) is 4.39 Å². The number of nitrogens with zero attached hydrogens (tertiary/aromatic N) is 1. The molecule has 8 nitrogen and oxygen atoms in total. The van der Waals surface area contributed by atoms with E-state index in [1.165, 1.54) is 0 Å². The number of aromatic amines is 1. The molecule has 141 valence electrons. The third kappa shape index (κ3) is 3.49. The van der Waals surface area contributed by atoms with Crippen molar-refractivity contribution in [2.75, 3.05) is 6.61 Å². The van der Waals surface area contributed by atoms with Crippen molar-refractivity contribution >= 4 is 8.80 Å². The number of aliphatic hydroxyl groups is 2. The summed E-state index contributed by atoms with van der Waals surface area (Å²) in [6.45, 7) is 8.45. The van der Waals surface area contributed by atoms with E-state index < -0.39 is 61.7 Å². The highest BCUT2D eigenvalue weighted by Crippen LogP contribution is 2.39. The van der Waals surface area contributed by atoms with Gasteiger partial charge < -0.3 is 19.7 Å². The Labute approximate surface area is 145 Å². The molecule has 2 heterocycles. The zero-order valence-electron chi connectivity index (χ0n) is 14.9. The summed E-state index contributed by atoms with van der Waals surface area (Å²) in [6, 6.07) is 0. The van der Waals surface area contributed by atoms with Gasteiger partial charge in [-0.15, -0.1) is 0 Å². The summed E-state index contributed by atoms with van der Waals surface area (Å²) in [5, 5.41) is 19.0. The van der Waals surface area contributed by atoms with Crippen molar-refractivity contribution in [2.24, 2.45) is 0 Å². The van der Waals surface area contributed by atoms with E-state index >= 15 is 0 Å². The van der Waals surface area contributed by atoms with Crippen LogP contribution < -0.4 is 11.2 Å². The molecule has 25 heavy (non-hydrogen) atoms. The molecule has 1 fully saturated rings. The van der Waals surface area contributed by atoms with Crippen LogP contribution in [0.1, 0.15) is 20.8 Å². The topological polar surface area (TPSA) is 114 Å². The molecule has 3 N–H and O–H groups in total. The largest absolute Gasteiger partial charge is 0.394 e. The molecule has 0 aliphatic carbocycles. The predicted octanol–water partition coefficient (Wildman–Crippen LogP) is -0.442. The molecular weight excluding hydrogens is 351 g/mol. The number of ether oxygens (including phenoxy) is 2. The SMILES string of the molecule is C[Si](C)[C@@]1(n2cc(F)c(=O)[nH]c2=O)O[C@H](CO)[C@@H](OC(C)(C)C)[C@H]1O. The molecule has 2 rings (SSSR count). The number of hydrogen-bond donors (Lipinski definition) is 3. The molecule has 1 saturated heterocycles. The van der Waals surface area contributed by atoms with Crippen molar-refractivity contribution in [2.45, 2.75) is 63.1 Å². The fourth-order valence-corrected chi connectivity index (χ4v) is 4.82. The van der Waals surface area contributed by atoms with Crippen LogP contribution in [0, 0.1) is 5.82 Å². The van der Waals surface area contributed by atoms with Crippen LogP contribution in [0.25, 0.3) is 0 Å². The summed E-state index contributed by atoms with van der Waals surface area (Å²) in [7, 11) is -1.64. The minimum absolute atomic E-state index is 0.449. The van der Waals surface area contributed by atoms with Gasteiger partial charge in [-0.3, -0.25) is 14.3 Å². The first-order valence-corrected chi connectivity index (χ1v) is 10.4. The average Bonchev–Trinajstić information content (AvgIpc) is 2.75. The second-order valence-corrected chi connectivity index (χ2v) is 10.00. The van der Waals surface area contributed by atoms with E-state index in [9.17, 15) is 24.2 Å². The van der Waals surface area contributed by atoms with Gasteiger partial charge in [0.05, 0.1) is 18.4 Å². The summed E-state index contributed by atoms with van der Waals surface area (Å²) >= 11 is 0. The lowest BCUT2D eigenvalue weighted by molar-refractivity contribution is -0.119. The predicted molar refractivity (Wildman–Crippen MR) is 89.3 cm³/mol. The molecular formula is C15H24FN2O6Si. The zero-order chi connectivity index (χ0) is 19.2. The van der Waals surface area contributed by atoms with Gasteiger partial charge in [0.25, 0.3) is 5.56 Å². The van der Waals surface area contributed by atoms with Gasteiger partial charge in [-0.1, -0.05) is 13.1 Å². The van der Waals surface area contributed by atoms with E-state index in [4.69, 9.17) is 9.47 Å². The number of halogens is 1. The Bertz CT molecular complexity index is 743. The molecule has 1 aromatic heterocycles. The maximum absolute atomic E-state index is 13.8. The molecule has 0 spiro atoms. The van der Waals surface area contributed by atoms with Gasteiger partial charge in [0.2, 0.25) is 5.82 Å². The van der Waals surface area contributed by atoms with Crippen LogP contribution >= 0.6 is 0 Å². The number of aromatic nitrogens is 2. The van der Waals surface area contributed by atoms with Crippen LogP contribution in [0.4, 0.5) is 4.39 Å². The van der Waals surface area contributed by atoms with Crippen molar-refractivity contribution in [3.05, 3.63) is 32.9 Å². The number of aliphatic hydroxyl groups excluding tert-OH is 2. The Balaban J connectivity index is 2.63. The standard InChI is InChI=1S/C15H24FN2O6Si/c1-14(2,3)24-10-9(7-19)23-15(11(10)20,25(4)5)18-6-8(16)12(21)17-13(18)22/h6,9-11,19-20H,7H2,1-5H3,(H,17,21,22)/t9-,10-,11-,15+/m1/s1. The lowest BCUT2D eigenvalue weighted by Gasteiger charge is -2.37. The van der Waals surface area contributed by atoms with Gasteiger partial charge in [-0.25, -0.2) is 4.79 Å². The van der Waals surface area contributed by atoms with Crippen LogP contribution in [0.2, 0.25) is 13.1 Å². The third-order valence-electron chi connectivity index (χ3n) is 4.05. The minimum atomic E-state index is -1.64. The van der Waals surface area contributed by atoms with Gasteiger partial charge in [-0.05, 0) is 20.8 Å². The molecule has 1 aromatic rings. The van der Waals surface area contributed by atoms with E-state index in [0.29, 0.717) is 0 Å². The highest BCUT2D eigenvalue weighted by atomic mass is 28.3. The number of hydrogen-bond acceptors (Lipinski definition) is 6. The van der Waals surface area contributed by atoms with Crippen molar-refractivity contribution in [3.8, 4) is 0 Å². The number of H-pyrrole nitrogens is 1. The van der Waals surface area contributed by atoms with Crippen LogP contribution in [-0.4, -0.2) is 59.1 Å². The molecule has 0 unspecified atom stereocenters. The Kier molecular flexibility index (Phi) is 5.41. The number of nitrogens with one attached hydrogen (secondary N) is 1. The highest BCUT2D eigenvalue weighted by Gasteiger charge is 2.59. The number of rotatable bonds is 4. The van der Waals surface area contributed by atoms with E-state index in [0.717, 1.165) is 10.8 Å². The Morgan fingerprint density at radius 2 is 2.04 bits per heavy atom. The summed E-state index contributed by atoms with van der Waals surface area (Å²) in [6.07, 6.45) is -2.44. The molecule has 0 bridgehead atoms. The smallest absolute Gasteiger partial charge is 0.330 e. The van der Waals surface area contributed by atoms with Crippen molar-refractivity contribution in [1.29, 1.82) is 0 Å². The van der Waals surface area contributed by atoms with Gasteiger partial charge >= 0.3 is 5.69 Å². The zero-order valence-corrected chi connectivity index (χ0v) is 15.9. The van der Waals surface area contributed by atoms with Crippen LogP contribution in [0.5, 0.6) is 0 Å². The molecule has 0 saturated carbocycles. The second kappa shape index (κ2) is 6.76. The van der Waals surface area contributed by atoms with Crippen molar-refractivity contribution in [3.63, 3.8) is 0 Å². The quantitative estimate of drug-likeness (QED) is 0.615.